The molecular weight excluding hydrogens is 339 g/mol. The topological polar surface area (TPSA) is 46.1 Å². The Balaban J connectivity index is 1.83. The molecule has 0 radical (unpaired) electrons. The number of nitrogens with zero attached hydrogens (tertiary/aromatic N) is 3. The first kappa shape index (κ1) is 16.9. The van der Waals surface area contributed by atoms with Crippen molar-refractivity contribution in [1.82, 2.24) is 15.1 Å². The summed E-state index contributed by atoms with van der Waals surface area (Å²) in [5.41, 5.74) is -1.18. The fraction of sp³-hybridized carbons (Fsp3) is 0.438. The Morgan fingerprint density at radius 2 is 2.04 bits per heavy atom. The third kappa shape index (κ3) is 3.43. The van der Waals surface area contributed by atoms with Crippen LogP contribution in [0.4, 0.5) is 13.2 Å². The number of likely N-dealkylation sites (tertiary alicyclic amines) is 1. The van der Waals surface area contributed by atoms with Crippen LogP contribution in [0.5, 0.6) is 0 Å². The summed E-state index contributed by atoms with van der Waals surface area (Å²) in [6, 6.07) is 4.94. The fourth-order valence-corrected chi connectivity index (χ4v) is 3.75. The van der Waals surface area contributed by atoms with Crippen molar-refractivity contribution in [1.29, 1.82) is 0 Å². The van der Waals surface area contributed by atoms with Crippen molar-refractivity contribution in [3.8, 4) is 0 Å². The van der Waals surface area contributed by atoms with E-state index in [1.54, 1.807) is 0 Å². The lowest BCUT2D eigenvalue weighted by molar-refractivity contribution is -0.138. The number of hydrogen-bond acceptors (Lipinski definition) is 4. The minimum absolute atomic E-state index is 0.0342. The standard InChI is InChI=1S/C16H16F3N3OS/c1-10-20-21-14(24-10)11-5-4-8-22(9-11)15(23)12-6-2-3-7-13(12)16(17,18)19/h2-3,6-7,11H,4-5,8-9H2,1H3. The maximum absolute atomic E-state index is 13.1. The van der Waals surface area contributed by atoms with Crippen LogP contribution in [-0.2, 0) is 6.18 Å². The summed E-state index contributed by atoms with van der Waals surface area (Å²) >= 11 is 1.47. The van der Waals surface area contributed by atoms with Crippen LogP contribution in [0.3, 0.4) is 0 Å². The summed E-state index contributed by atoms with van der Waals surface area (Å²) in [5, 5.41) is 9.78. The van der Waals surface area contributed by atoms with Crippen LogP contribution < -0.4 is 0 Å². The van der Waals surface area contributed by atoms with Gasteiger partial charge in [-0.15, -0.1) is 21.5 Å². The largest absolute Gasteiger partial charge is 0.417 e. The van der Waals surface area contributed by atoms with E-state index in [-0.39, 0.29) is 11.5 Å². The molecule has 2 aromatic rings. The van der Waals surface area contributed by atoms with Crippen molar-refractivity contribution in [3.63, 3.8) is 0 Å². The highest BCUT2D eigenvalue weighted by Gasteiger charge is 2.37. The molecule has 128 valence electrons. The zero-order valence-corrected chi connectivity index (χ0v) is 13.8. The first-order valence-electron chi connectivity index (χ1n) is 7.62. The third-order valence-corrected chi connectivity index (χ3v) is 5.06. The van der Waals surface area contributed by atoms with Crippen LogP contribution in [0.2, 0.25) is 0 Å². The first-order valence-corrected chi connectivity index (χ1v) is 8.43. The molecule has 4 nitrogen and oxygen atoms in total. The number of carbonyl (C=O) groups is 1. The van der Waals surface area contributed by atoms with Crippen molar-refractivity contribution in [3.05, 3.63) is 45.4 Å². The Bertz CT molecular complexity index is 744. The summed E-state index contributed by atoms with van der Waals surface area (Å²) in [6.07, 6.45) is -2.94. The van der Waals surface area contributed by atoms with Gasteiger partial charge in [0.25, 0.3) is 5.91 Å². The van der Waals surface area contributed by atoms with Gasteiger partial charge in [-0.2, -0.15) is 13.2 Å². The van der Waals surface area contributed by atoms with Gasteiger partial charge in [-0.3, -0.25) is 4.79 Å². The molecule has 0 spiro atoms. The van der Waals surface area contributed by atoms with E-state index in [0.29, 0.717) is 13.1 Å². The fourth-order valence-electron chi connectivity index (χ4n) is 2.93. The molecule has 1 unspecified atom stereocenters. The molecule has 1 aromatic carbocycles. The molecule has 8 heteroatoms. The van der Waals surface area contributed by atoms with E-state index in [0.717, 1.165) is 28.9 Å². The minimum atomic E-state index is -4.54. The smallest absolute Gasteiger partial charge is 0.338 e. The summed E-state index contributed by atoms with van der Waals surface area (Å²) in [5.74, 6) is -0.541. The van der Waals surface area contributed by atoms with Crippen molar-refractivity contribution >= 4 is 17.2 Å². The summed E-state index contributed by atoms with van der Waals surface area (Å²) in [4.78, 5) is 14.1. The van der Waals surface area contributed by atoms with Crippen LogP contribution in [0.1, 0.15) is 44.7 Å². The summed E-state index contributed by atoms with van der Waals surface area (Å²) < 4.78 is 39.4. The van der Waals surface area contributed by atoms with Crippen molar-refractivity contribution in [2.45, 2.75) is 31.9 Å². The monoisotopic (exact) mass is 355 g/mol. The average Bonchev–Trinajstić information content (AvgIpc) is 3.00. The van der Waals surface area contributed by atoms with E-state index in [4.69, 9.17) is 0 Å². The van der Waals surface area contributed by atoms with Gasteiger partial charge in [0.1, 0.15) is 10.0 Å². The van der Waals surface area contributed by atoms with Crippen LogP contribution in [0.15, 0.2) is 24.3 Å². The molecule has 0 N–H and O–H groups in total. The second-order valence-corrected chi connectivity index (χ2v) is 7.01. The summed E-state index contributed by atoms with van der Waals surface area (Å²) in [7, 11) is 0. The van der Waals surface area contributed by atoms with Crippen LogP contribution in [-0.4, -0.2) is 34.1 Å². The van der Waals surface area contributed by atoms with Crippen LogP contribution in [0, 0.1) is 6.92 Å². The molecule has 1 aliphatic rings. The van der Waals surface area contributed by atoms with Gasteiger partial charge in [-0.05, 0) is 31.9 Å². The molecule has 0 saturated carbocycles. The lowest BCUT2D eigenvalue weighted by Crippen LogP contribution is -2.39. The maximum atomic E-state index is 13.1. The number of piperidine rings is 1. The van der Waals surface area contributed by atoms with E-state index in [1.807, 2.05) is 6.92 Å². The molecule has 1 atom stereocenters. The zero-order valence-electron chi connectivity index (χ0n) is 13.0. The average molecular weight is 355 g/mol. The molecule has 0 aliphatic carbocycles. The normalized spacial score (nSPS) is 18.7. The Morgan fingerprint density at radius 3 is 2.71 bits per heavy atom. The number of aryl methyl sites for hydroxylation is 1. The van der Waals surface area contributed by atoms with Gasteiger partial charge >= 0.3 is 6.18 Å². The number of carbonyl (C=O) groups excluding carboxylic acids is 1. The van der Waals surface area contributed by atoms with Gasteiger partial charge in [-0.1, -0.05) is 12.1 Å². The Kier molecular flexibility index (Phi) is 4.58. The Labute approximate surface area is 141 Å². The van der Waals surface area contributed by atoms with Gasteiger partial charge in [0.05, 0.1) is 11.1 Å². The van der Waals surface area contributed by atoms with Crippen molar-refractivity contribution in [2.75, 3.05) is 13.1 Å². The van der Waals surface area contributed by atoms with Gasteiger partial charge in [-0.25, -0.2) is 0 Å². The molecule has 1 fully saturated rings. The molecule has 24 heavy (non-hydrogen) atoms. The number of benzene rings is 1. The number of halogens is 3. The predicted octanol–water partition coefficient (Wildman–Crippen LogP) is 3.89. The number of aromatic nitrogens is 2. The second-order valence-electron chi connectivity index (χ2n) is 5.79. The van der Waals surface area contributed by atoms with Gasteiger partial charge in [0.15, 0.2) is 0 Å². The lowest BCUT2D eigenvalue weighted by Gasteiger charge is -2.32. The van der Waals surface area contributed by atoms with E-state index in [2.05, 4.69) is 10.2 Å². The Hall–Kier alpha value is -1.96. The van der Waals surface area contributed by atoms with Gasteiger partial charge in [0, 0.05) is 19.0 Å². The SMILES string of the molecule is Cc1nnc(C2CCCN(C(=O)c3ccccc3C(F)(F)F)C2)s1. The van der Waals surface area contributed by atoms with E-state index in [9.17, 15) is 18.0 Å². The zero-order chi connectivity index (χ0) is 17.3. The highest BCUT2D eigenvalue weighted by atomic mass is 32.1. The second kappa shape index (κ2) is 6.51. The van der Waals surface area contributed by atoms with E-state index < -0.39 is 17.6 Å². The molecule has 1 amide bonds. The van der Waals surface area contributed by atoms with Crippen LogP contribution >= 0.6 is 11.3 Å². The molecule has 1 aliphatic heterocycles. The van der Waals surface area contributed by atoms with E-state index >= 15 is 0 Å². The molecule has 2 heterocycles. The van der Waals surface area contributed by atoms with Gasteiger partial charge in [0.2, 0.25) is 0 Å². The number of amides is 1. The molecule has 3 rings (SSSR count). The van der Waals surface area contributed by atoms with Crippen molar-refractivity contribution < 1.29 is 18.0 Å². The predicted molar refractivity (Wildman–Crippen MR) is 84.0 cm³/mol. The summed E-state index contributed by atoms with van der Waals surface area (Å²) in [6.45, 7) is 2.69. The highest BCUT2D eigenvalue weighted by molar-refractivity contribution is 7.11. The number of alkyl halides is 3. The maximum Gasteiger partial charge on any atom is 0.417 e. The molecular formula is C16H16F3N3OS. The van der Waals surface area contributed by atoms with Crippen LogP contribution in [0.25, 0.3) is 0 Å². The van der Waals surface area contributed by atoms with Gasteiger partial charge < -0.3 is 4.90 Å². The third-order valence-electron chi connectivity index (χ3n) is 4.06. The quantitative estimate of drug-likeness (QED) is 0.821. The Morgan fingerprint density at radius 1 is 1.29 bits per heavy atom. The van der Waals surface area contributed by atoms with Crippen molar-refractivity contribution in [2.24, 2.45) is 0 Å². The lowest BCUT2D eigenvalue weighted by atomic mass is 9.97. The number of rotatable bonds is 2. The number of hydrogen-bond donors (Lipinski definition) is 0. The molecule has 1 saturated heterocycles. The minimum Gasteiger partial charge on any atom is -0.338 e. The first-order chi connectivity index (χ1) is 11.4. The molecule has 1 aromatic heterocycles. The molecule has 0 bridgehead atoms. The highest BCUT2D eigenvalue weighted by Crippen LogP contribution is 2.34. The van der Waals surface area contributed by atoms with E-state index in [1.165, 1.54) is 34.4 Å².